The molecule has 1 amide bonds. The molecule has 3 aromatic rings. The molecule has 4 rings (SSSR count). The topological polar surface area (TPSA) is 54.5 Å². The molecule has 1 aromatic heterocycles. The van der Waals surface area contributed by atoms with Gasteiger partial charge in [0.05, 0.1) is 17.3 Å². The highest BCUT2D eigenvalue weighted by atomic mass is 32.2. The van der Waals surface area contributed by atoms with Crippen LogP contribution < -0.4 is 15.0 Å². The minimum atomic E-state index is 0.0451. The van der Waals surface area contributed by atoms with Crippen molar-refractivity contribution in [3.63, 3.8) is 0 Å². The van der Waals surface area contributed by atoms with Crippen LogP contribution in [0.15, 0.2) is 47.4 Å². The summed E-state index contributed by atoms with van der Waals surface area (Å²) in [6, 6.07) is 14.0. The number of nitrogens with one attached hydrogen (secondary N) is 1. The zero-order chi connectivity index (χ0) is 19.5. The van der Waals surface area contributed by atoms with Crippen molar-refractivity contribution in [2.45, 2.75) is 17.7 Å². The molecule has 28 heavy (non-hydrogen) atoms. The Morgan fingerprint density at radius 3 is 2.82 bits per heavy atom. The van der Waals surface area contributed by atoms with E-state index in [1.54, 1.807) is 30.2 Å². The molecule has 0 aliphatic carbocycles. The van der Waals surface area contributed by atoms with Crippen LogP contribution in [0.3, 0.4) is 0 Å². The molecule has 0 spiro atoms. The van der Waals surface area contributed by atoms with Crippen molar-refractivity contribution < 1.29 is 9.53 Å². The maximum atomic E-state index is 12.7. The lowest BCUT2D eigenvalue weighted by atomic mass is 9.96. The summed E-state index contributed by atoms with van der Waals surface area (Å²) in [7, 11) is 1.68. The van der Waals surface area contributed by atoms with Crippen LogP contribution in [0.5, 0.6) is 5.75 Å². The first-order valence-corrected chi connectivity index (χ1v) is 11.3. The van der Waals surface area contributed by atoms with E-state index in [9.17, 15) is 4.79 Å². The number of ether oxygens (including phenoxy) is 1. The smallest absolute Gasteiger partial charge is 0.227 e. The molecule has 146 valence electrons. The molecule has 2 heterocycles. The summed E-state index contributed by atoms with van der Waals surface area (Å²) >= 11 is 3.36. The van der Waals surface area contributed by atoms with Crippen LogP contribution in [0, 0.1) is 5.92 Å². The molecule has 0 bridgehead atoms. The van der Waals surface area contributed by atoms with Gasteiger partial charge in [0, 0.05) is 29.6 Å². The van der Waals surface area contributed by atoms with Crippen LogP contribution in [0.25, 0.3) is 10.2 Å². The number of fused-ring (bicyclic) bond motifs is 1. The third-order valence-electron chi connectivity index (χ3n) is 5.06. The maximum Gasteiger partial charge on any atom is 0.227 e. The molecule has 1 aliphatic heterocycles. The van der Waals surface area contributed by atoms with E-state index in [1.807, 2.05) is 48.7 Å². The molecule has 5 nitrogen and oxygen atoms in total. The summed E-state index contributed by atoms with van der Waals surface area (Å²) in [6.45, 7) is 1.69. The number of methoxy groups -OCH3 is 1. The van der Waals surface area contributed by atoms with Crippen LogP contribution in [0.1, 0.15) is 12.8 Å². The summed E-state index contributed by atoms with van der Waals surface area (Å²) in [4.78, 5) is 20.9. The fraction of sp³-hybridized carbons (Fsp3) is 0.333. The second-order valence-electron chi connectivity index (χ2n) is 6.81. The third kappa shape index (κ3) is 4.10. The lowest BCUT2D eigenvalue weighted by Crippen LogP contribution is -2.38. The van der Waals surface area contributed by atoms with Crippen LogP contribution in [0.4, 0.5) is 10.8 Å². The lowest BCUT2D eigenvalue weighted by molar-refractivity contribution is -0.120. The molecule has 0 radical (unpaired) electrons. The predicted molar refractivity (Wildman–Crippen MR) is 118 cm³/mol. The van der Waals surface area contributed by atoms with Crippen molar-refractivity contribution in [3.8, 4) is 5.75 Å². The molecule has 0 saturated carbocycles. The largest absolute Gasteiger partial charge is 0.497 e. The van der Waals surface area contributed by atoms with Gasteiger partial charge in [-0.3, -0.25) is 4.79 Å². The molecular weight excluding hydrogens is 390 g/mol. The van der Waals surface area contributed by atoms with Gasteiger partial charge < -0.3 is 15.0 Å². The summed E-state index contributed by atoms with van der Waals surface area (Å²) in [5.74, 6) is 1.01. The molecule has 7 heteroatoms. The van der Waals surface area contributed by atoms with Crippen molar-refractivity contribution in [1.82, 2.24) is 4.98 Å². The van der Waals surface area contributed by atoms with Crippen molar-refractivity contribution in [1.29, 1.82) is 0 Å². The van der Waals surface area contributed by atoms with Crippen molar-refractivity contribution in [2.75, 3.05) is 36.7 Å². The van der Waals surface area contributed by atoms with Crippen LogP contribution in [-0.4, -0.2) is 37.3 Å². The summed E-state index contributed by atoms with van der Waals surface area (Å²) < 4.78 is 6.43. The van der Waals surface area contributed by atoms with Crippen molar-refractivity contribution in [2.24, 2.45) is 5.92 Å². The van der Waals surface area contributed by atoms with E-state index in [0.717, 1.165) is 57.6 Å². The van der Waals surface area contributed by atoms with E-state index in [4.69, 9.17) is 9.72 Å². The number of thioether (sulfide) groups is 1. The molecule has 1 N–H and O–H groups in total. The Morgan fingerprint density at radius 1 is 1.25 bits per heavy atom. The first-order chi connectivity index (χ1) is 13.7. The van der Waals surface area contributed by atoms with Gasteiger partial charge in [-0.05, 0) is 55.5 Å². The number of hydrogen-bond donors (Lipinski definition) is 1. The van der Waals surface area contributed by atoms with Gasteiger partial charge in [0.15, 0.2) is 5.13 Å². The van der Waals surface area contributed by atoms with Gasteiger partial charge in [0.25, 0.3) is 0 Å². The van der Waals surface area contributed by atoms with Crippen molar-refractivity contribution in [3.05, 3.63) is 42.5 Å². The lowest BCUT2D eigenvalue weighted by Gasteiger charge is -2.31. The van der Waals surface area contributed by atoms with Crippen LogP contribution >= 0.6 is 23.1 Å². The summed E-state index contributed by atoms with van der Waals surface area (Å²) in [5.41, 5.74) is 1.87. The standard InChI is InChI=1S/C21H23N3O2S2/c1-26-16-6-7-18-19(13-16)28-21(23-18)24-10-8-14(9-11-24)20(25)22-15-4-3-5-17(12-15)27-2/h3-7,12-14H,8-11H2,1-2H3,(H,22,25). The number of thiazole rings is 1. The van der Waals surface area contributed by atoms with E-state index in [1.165, 1.54) is 0 Å². The number of carbonyl (C=O) groups is 1. The highest BCUT2D eigenvalue weighted by Crippen LogP contribution is 2.33. The SMILES string of the molecule is COc1ccc2nc(N3CCC(C(=O)Nc4cccc(SC)c4)CC3)sc2c1. The molecule has 2 aromatic carbocycles. The van der Waals surface area contributed by atoms with Gasteiger partial charge in [-0.1, -0.05) is 17.4 Å². The van der Waals surface area contributed by atoms with Crippen molar-refractivity contribution >= 4 is 50.0 Å². The van der Waals surface area contributed by atoms with Crippen LogP contribution in [0.2, 0.25) is 0 Å². The Labute approximate surface area is 173 Å². The number of nitrogens with zero attached hydrogens (tertiary/aromatic N) is 2. The Bertz CT molecular complexity index is 981. The van der Waals surface area contributed by atoms with Gasteiger partial charge in [-0.15, -0.1) is 11.8 Å². The summed E-state index contributed by atoms with van der Waals surface area (Å²) in [6.07, 6.45) is 3.72. The average Bonchev–Trinajstić information content (AvgIpc) is 3.17. The Balaban J connectivity index is 1.38. The van der Waals surface area contributed by atoms with E-state index in [2.05, 4.69) is 10.2 Å². The van der Waals surface area contributed by atoms with Gasteiger partial charge >= 0.3 is 0 Å². The second-order valence-corrected chi connectivity index (χ2v) is 8.70. The first kappa shape index (κ1) is 19.1. The Hall–Kier alpha value is -2.25. The Morgan fingerprint density at radius 2 is 2.07 bits per heavy atom. The molecule has 1 saturated heterocycles. The highest BCUT2D eigenvalue weighted by Gasteiger charge is 2.26. The number of aromatic nitrogens is 1. The fourth-order valence-electron chi connectivity index (χ4n) is 3.43. The van der Waals surface area contributed by atoms with E-state index in [0.29, 0.717) is 0 Å². The number of hydrogen-bond acceptors (Lipinski definition) is 6. The van der Waals surface area contributed by atoms with Gasteiger partial charge in [0.2, 0.25) is 5.91 Å². The molecular formula is C21H23N3O2S2. The number of benzene rings is 2. The number of amides is 1. The first-order valence-electron chi connectivity index (χ1n) is 9.30. The molecule has 0 unspecified atom stereocenters. The monoisotopic (exact) mass is 413 g/mol. The van der Waals surface area contributed by atoms with E-state index >= 15 is 0 Å². The number of anilines is 2. The van der Waals surface area contributed by atoms with E-state index in [-0.39, 0.29) is 11.8 Å². The maximum absolute atomic E-state index is 12.7. The molecule has 1 aliphatic rings. The zero-order valence-electron chi connectivity index (χ0n) is 16.0. The quantitative estimate of drug-likeness (QED) is 0.604. The summed E-state index contributed by atoms with van der Waals surface area (Å²) in [5, 5.41) is 4.10. The molecule has 0 atom stereocenters. The van der Waals surface area contributed by atoms with Crippen LogP contribution in [-0.2, 0) is 4.79 Å². The predicted octanol–water partition coefficient (Wildman–Crippen LogP) is 4.88. The number of piperidine rings is 1. The zero-order valence-corrected chi connectivity index (χ0v) is 17.6. The normalized spacial score (nSPS) is 15.0. The van der Waals surface area contributed by atoms with Gasteiger partial charge in [-0.2, -0.15) is 0 Å². The number of rotatable bonds is 5. The minimum Gasteiger partial charge on any atom is -0.497 e. The van der Waals surface area contributed by atoms with Gasteiger partial charge in [-0.25, -0.2) is 4.98 Å². The average molecular weight is 414 g/mol. The Kier molecular flexibility index (Phi) is 5.73. The highest BCUT2D eigenvalue weighted by molar-refractivity contribution is 7.98. The van der Waals surface area contributed by atoms with E-state index < -0.39 is 0 Å². The fourth-order valence-corrected chi connectivity index (χ4v) is 4.94. The second kappa shape index (κ2) is 8.41. The third-order valence-corrected chi connectivity index (χ3v) is 6.86. The molecule has 1 fully saturated rings. The van der Waals surface area contributed by atoms with Gasteiger partial charge in [0.1, 0.15) is 5.75 Å². The minimum absolute atomic E-state index is 0.0451. The number of carbonyl (C=O) groups excluding carboxylic acids is 1.